The van der Waals surface area contributed by atoms with E-state index in [0.717, 1.165) is 17.1 Å². The number of nitrogens with two attached hydrogens (primary N) is 1. The maximum Gasteiger partial charge on any atom is 0.410 e. The number of benzene rings is 2. The third-order valence-corrected chi connectivity index (χ3v) is 19.8. The van der Waals surface area contributed by atoms with Gasteiger partial charge in [-0.15, -0.1) is 0 Å². The zero-order chi connectivity index (χ0) is 79.1. The predicted octanol–water partition coefficient (Wildman–Crippen LogP) is 6.03. The zero-order valence-corrected chi connectivity index (χ0v) is 64.7. The summed E-state index contributed by atoms with van der Waals surface area (Å²) in [4.78, 5) is 191. The molecule has 0 bridgehead atoms. The van der Waals surface area contributed by atoms with Crippen LogP contribution in [0.2, 0.25) is 0 Å². The minimum Gasteiger partial charge on any atom is -0.445 e. The van der Waals surface area contributed by atoms with Crippen LogP contribution >= 0.6 is 7.60 Å². The van der Waals surface area contributed by atoms with Crippen LogP contribution in [0.5, 0.6) is 0 Å². The van der Waals surface area contributed by atoms with Gasteiger partial charge in [-0.25, -0.2) is 14.4 Å². The highest BCUT2D eigenvalue weighted by molar-refractivity contribution is 7.51. The number of ether oxygens (including phenoxy) is 4. The van der Waals surface area contributed by atoms with Gasteiger partial charge in [-0.2, -0.15) is 0 Å². The van der Waals surface area contributed by atoms with Crippen LogP contribution in [0.25, 0.3) is 0 Å². The number of rotatable bonds is 40. The van der Waals surface area contributed by atoms with Gasteiger partial charge in [-0.05, 0) is 100 Å². The van der Waals surface area contributed by atoms with Gasteiger partial charge < -0.3 is 85.8 Å². The van der Waals surface area contributed by atoms with E-state index in [2.05, 4.69) is 26.6 Å². The number of anilines is 1. The Hall–Kier alpha value is -8.35. The lowest BCUT2D eigenvalue weighted by atomic mass is 9.83. The highest BCUT2D eigenvalue weighted by Gasteiger charge is 2.46. The molecule has 1 unspecified atom stereocenters. The molecule has 2 aromatic rings. The van der Waals surface area contributed by atoms with E-state index < -0.39 is 164 Å². The quantitative estimate of drug-likeness (QED) is 0.0209. The highest BCUT2D eigenvalue weighted by Crippen LogP contribution is 2.35. The van der Waals surface area contributed by atoms with Gasteiger partial charge >= 0.3 is 25.8 Å². The number of carbonyl (C=O) groups excluding carboxylic acids is 12. The summed E-state index contributed by atoms with van der Waals surface area (Å²) in [6.07, 6.45) is -1.98. The minimum absolute atomic E-state index is 0. The number of nitrogens with zero attached hydrogens (tertiary/aromatic N) is 5. The lowest BCUT2D eigenvalue weighted by Crippen LogP contribution is -2.61. The van der Waals surface area contributed by atoms with E-state index in [1.165, 1.54) is 59.1 Å². The SMILES string of the molecule is C.CC[C@H](C)[C@H]([C@@H](CC(=O)N1CCC[C@H]1[C@@H](OC)[C@@H](C)C(=O)N[C@@H](C)[C@H](O)c1ccccc1)OC)N(C)C(=O)[C@@H](CC(=O)[C@@H](C(C)C)N(C)C(=O)OCc1ccc(NC(=O)[C@H](CCCNC(N)=O)NC(=O)[C@@H](NC(=O)C(CN(CCP(=O)(O)O)C(=O)OC(C)(C)C)N2C(=O)C=CC2=O)C(C)C)cc1)C(C)C. The first kappa shape index (κ1) is 91.9. The summed E-state index contributed by atoms with van der Waals surface area (Å²) in [6, 6.07) is 6.86. The number of methoxy groups -OCH3 is 2. The van der Waals surface area contributed by atoms with Crippen LogP contribution in [0.1, 0.15) is 160 Å². The number of aliphatic hydroxyl groups excluding tert-OH is 1. The number of hydrogen-bond donors (Lipinski definition) is 9. The summed E-state index contributed by atoms with van der Waals surface area (Å²) in [7, 11) is 1.33. The Morgan fingerprint density at radius 1 is 0.755 bits per heavy atom. The first-order chi connectivity index (χ1) is 49.1. The first-order valence-electron chi connectivity index (χ1n) is 35.8. The van der Waals surface area contributed by atoms with Crippen molar-refractivity contribution in [1.29, 1.82) is 0 Å². The van der Waals surface area contributed by atoms with E-state index in [4.69, 9.17) is 24.7 Å². The van der Waals surface area contributed by atoms with E-state index in [9.17, 15) is 77.0 Å². The number of carbonyl (C=O) groups is 12. The molecule has 31 nitrogen and oxygen atoms in total. The number of hydrogen-bond acceptors (Lipinski definition) is 18. The lowest BCUT2D eigenvalue weighted by molar-refractivity contribution is -0.149. The second-order valence-corrected chi connectivity index (χ2v) is 31.0. The standard InChI is InChI=1S/C73H114N11O20P.CH4/c1-18-45(8)62(56(101-16)39-59(88)83-35-23-27-53(83)64(102-17)46(9)65(90)76-47(10)63(89)49-24-20-19-21-25-49)80(14)69(94)51(42(2)3)38-55(85)61(44(6)7)81(15)71(96)103-41-48-28-30-50(31-29-48)77-66(91)52(26-22-34-75-70(74)95)78-68(93)60(43(4)5)79-67(92)54(84-57(86)32-33-58(84)87)40-82(36-37-105(98,99)100)72(97)104-73(11,12)13;/h19-21,24-25,28-33,42-47,51-54,56,60-64,89H,18,22-23,26-27,34-41H2,1-17H3,(H,76,90)(H,77,91)(H,78,93)(H,79,92)(H3,74,75,95)(H2,98,99,100);1H4/t45-,46+,47-,51-,52-,53-,54?,56+,60-,61+,62+,63-,64-;/m0./s1. The number of aliphatic hydroxyl groups is 1. The Labute approximate surface area is 624 Å². The van der Waals surface area contributed by atoms with Crippen LogP contribution in [0.4, 0.5) is 20.1 Å². The number of likely N-dealkylation sites (N-methyl/N-ethyl adjacent to an activating group) is 2. The number of ketones is 1. The molecule has 10 N–H and O–H groups in total. The Balaban J connectivity index is 0.0000292. The number of likely N-dealkylation sites (tertiary alicyclic amines) is 1. The summed E-state index contributed by atoms with van der Waals surface area (Å²) in [5, 5.41) is 24.2. The highest BCUT2D eigenvalue weighted by atomic mass is 31.2. The molecule has 1 fully saturated rings. The van der Waals surface area contributed by atoms with Crippen LogP contribution in [-0.2, 0) is 73.3 Å². The lowest BCUT2D eigenvalue weighted by Gasteiger charge is -2.41. The van der Waals surface area contributed by atoms with Crippen molar-refractivity contribution >= 4 is 84.5 Å². The van der Waals surface area contributed by atoms with Gasteiger partial charge in [-0.1, -0.05) is 119 Å². The summed E-state index contributed by atoms with van der Waals surface area (Å²) < 4.78 is 35.2. The van der Waals surface area contributed by atoms with Gasteiger partial charge in [0, 0.05) is 78.1 Å². The van der Waals surface area contributed by atoms with Crippen molar-refractivity contribution in [3.63, 3.8) is 0 Å². The Morgan fingerprint density at radius 2 is 1.37 bits per heavy atom. The zero-order valence-electron chi connectivity index (χ0n) is 63.8. The maximum absolute atomic E-state index is 14.9. The van der Waals surface area contributed by atoms with Gasteiger partial charge in [0.1, 0.15) is 30.3 Å². The Bertz CT molecular complexity index is 3370. The third-order valence-electron chi connectivity index (χ3n) is 19.0. The van der Waals surface area contributed by atoms with Gasteiger partial charge in [0.2, 0.25) is 35.4 Å². The number of imide groups is 1. The van der Waals surface area contributed by atoms with Crippen LogP contribution in [0.3, 0.4) is 0 Å². The Morgan fingerprint density at radius 3 is 1.90 bits per heavy atom. The molecule has 2 heterocycles. The van der Waals surface area contributed by atoms with Crippen LogP contribution in [0.15, 0.2) is 66.7 Å². The van der Waals surface area contributed by atoms with Gasteiger partial charge in [-0.3, -0.25) is 52.6 Å². The summed E-state index contributed by atoms with van der Waals surface area (Å²) >= 11 is 0. The molecule has 106 heavy (non-hydrogen) atoms. The molecule has 0 spiro atoms. The predicted molar refractivity (Wildman–Crippen MR) is 396 cm³/mol. The van der Waals surface area contributed by atoms with E-state index in [1.807, 2.05) is 45.9 Å². The van der Waals surface area contributed by atoms with Crippen molar-refractivity contribution in [1.82, 2.24) is 45.8 Å². The number of Topliss-reactive ketones (excluding diaryl/α,β-unsaturated/α-hetero) is 1. The van der Waals surface area contributed by atoms with E-state index in [0.29, 0.717) is 41.8 Å². The Kier molecular flexibility index (Phi) is 36.6. The molecule has 0 saturated carbocycles. The summed E-state index contributed by atoms with van der Waals surface area (Å²) in [6.45, 7) is 20.9. The summed E-state index contributed by atoms with van der Waals surface area (Å²) in [5.41, 5.74) is 5.48. The van der Waals surface area contributed by atoms with Crippen LogP contribution in [0, 0.1) is 35.5 Å². The second-order valence-electron chi connectivity index (χ2n) is 29.2. The van der Waals surface area contributed by atoms with Crippen molar-refractivity contribution in [3.8, 4) is 0 Å². The molecule has 2 aromatic carbocycles. The number of nitrogens with one attached hydrogen (secondary N) is 5. The fourth-order valence-corrected chi connectivity index (χ4v) is 13.6. The minimum atomic E-state index is -4.76. The van der Waals surface area contributed by atoms with Crippen molar-refractivity contribution in [2.75, 3.05) is 66.0 Å². The molecule has 32 heteroatoms. The molecule has 0 aromatic heterocycles. The topological polar surface area (TPSA) is 422 Å². The molecule has 0 radical (unpaired) electrons. The average molecular weight is 1510 g/mol. The van der Waals surface area contributed by atoms with Crippen LogP contribution < -0.4 is 32.3 Å². The molecule has 2 aliphatic rings. The van der Waals surface area contributed by atoms with Crippen molar-refractivity contribution in [2.24, 2.45) is 41.2 Å². The molecule has 13 atom stereocenters. The molecule has 594 valence electrons. The van der Waals surface area contributed by atoms with Crippen molar-refractivity contribution in [3.05, 3.63) is 77.9 Å². The molecule has 1 saturated heterocycles. The maximum atomic E-state index is 14.9. The molecule has 2 aliphatic heterocycles. The molecule has 0 aliphatic carbocycles. The van der Waals surface area contributed by atoms with Crippen molar-refractivity contribution < 1.29 is 95.9 Å². The normalized spacial score (nSPS) is 17.3. The molecular weight excluding hydrogens is 1390 g/mol. The molecule has 12 amide bonds. The molecular formula is C74H118N11O20P. The van der Waals surface area contributed by atoms with E-state index in [1.54, 1.807) is 82.7 Å². The number of urea groups is 1. The van der Waals surface area contributed by atoms with Gasteiger partial charge in [0.15, 0.2) is 5.78 Å². The van der Waals surface area contributed by atoms with Gasteiger partial charge in [0.25, 0.3) is 11.8 Å². The fraction of sp³-hybridized carbons (Fsp3) is 0.649. The first-order valence-corrected chi connectivity index (χ1v) is 37.6. The second kappa shape index (κ2) is 42.3. The van der Waals surface area contributed by atoms with E-state index >= 15 is 0 Å². The smallest absolute Gasteiger partial charge is 0.410 e. The van der Waals surface area contributed by atoms with Crippen LogP contribution in [-0.4, -0.2) is 231 Å². The number of amides is 12. The van der Waals surface area contributed by atoms with Gasteiger partial charge in [0.05, 0.1) is 67.5 Å². The van der Waals surface area contributed by atoms with Crippen molar-refractivity contribution in [2.45, 2.75) is 215 Å². The third kappa shape index (κ3) is 27.2. The number of primary amides is 1. The molecule has 4 rings (SSSR count). The average Bonchev–Trinajstić information content (AvgIpc) is 1.34. The fourth-order valence-electron chi connectivity index (χ4n) is 13.1. The largest absolute Gasteiger partial charge is 0.445 e. The van der Waals surface area contributed by atoms with E-state index in [-0.39, 0.29) is 87.3 Å². The monoisotopic (exact) mass is 1510 g/mol. The summed E-state index contributed by atoms with van der Waals surface area (Å²) in [5.74, 6) is -9.28.